The predicted octanol–water partition coefficient (Wildman–Crippen LogP) is -1.14. The molecule has 4 saturated heterocycles. The highest BCUT2D eigenvalue weighted by Crippen LogP contribution is 2.65. The molecule has 2 saturated carbocycles. The summed E-state index contributed by atoms with van der Waals surface area (Å²) in [7, 11) is 0. The summed E-state index contributed by atoms with van der Waals surface area (Å²) in [4.78, 5) is 0. The van der Waals surface area contributed by atoms with Crippen LogP contribution < -0.4 is 0 Å². The van der Waals surface area contributed by atoms with Gasteiger partial charge in [-0.1, -0.05) is 44.6 Å². The van der Waals surface area contributed by atoms with Crippen LogP contribution in [0.15, 0.2) is 23.8 Å². The average Bonchev–Trinajstić information content (AvgIpc) is 3.68. The minimum atomic E-state index is -1.75. The first kappa shape index (κ1) is 54.9. The maximum Gasteiger partial charge on any atom is 0.187 e. The molecule has 9 rings (SSSR count). The number of rotatable bonds is 14. The first-order valence-corrected chi connectivity index (χ1v) is 26.2. The second kappa shape index (κ2) is 21.9. The summed E-state index contributed by atoms with van der Waals surface area (Å²) >= 11 is 0. The molecule has 4 aliphatic carbocycles. The lowest BCUT2D eigenvalue weighted by molar-refractivity contribution is -0.390. The lowest BCUT2D eigenvalue weighted by Gasteiger charge is -2.58. The molecule has 1 aromatic carbocycles. The van der Waals surface area contributed by atoms with Crippen molar-refractivity contribution in [1.29, 1.82) is 0 Å². The van der Waals surface area contributed by atoms with Crippen LogP contribution in [0.25, 0.3) is 0 Å². The molecule has 4 aliphatic heterocycles. The highest BCUT2D eigenvalue weighted by molar-refractivity contribution is 5.50. The molecule has 4 heterocycles. The van der Waals surface area contributed by atoms with Gasteiger partial charge < -0.3 is 99.2 Å². The summed E-state index contributed by atoms with van der Waals surface area (Å²) in [6.07, 6.45) is -17.8. The third kappa shape index (κ3) is 10.0. The fourth-order valence-electron chi connectivity index (χ4n) is 14.0. The van der Waals surface area contributed by atoms with Crippen molar-refractivity contribution in [2.45, 2.75) is 221 Å². The Bertz CT molecular complexity index is 2040. The van der Waals surface area contributed by atoms with Crippen molar-refractivity contribution in [2.24, 2.45) is 29.1 Å². The van der Waals surface area contributed by atoms with E-state index in [1.54, 1.807) is 0 Å². The minimum absolute atomic E-state index is 0.00829. The molecule has 0 radical (unpaired) electrons. The van der Waals surface area contributed by atoms with Crippen LogP contribution in [0, 0.1) is 36.0 Å². The van der Waals surface area contributed by atoms with Crippen molar-refractivity contribution in [2.75, 3.05) is 26.4 Å². The molecule has 6 fully saturated rings. The Kier molecular flexibility index (Phi) is 16.7. The number of aryl methyl sites for hydroxylation is 1. The molecular formula is C52H80O20. The zero-order valence-corrected chi connectivity index (χ0v) is 41.9. The van der Waals surface area contributed by atoms with E-state index in [1.165, 1.54) is 34.8 Å². The highest BCUT2D eigenvalue weighted by Gasteiger charge is 2.59. The Hall–Kier alpha value is -1.84. The third-order valence-electron chi connectivity index (χ3n) is 18.4. The molecule has 1 unspecified atom stereocenters. The molecule has 20 nitrogen and oxygen atoms in total. The lowest BCUT2D eigenvalue weighted by Crippen LogP contribution is -2.66. The average molecular weight is 1030 g/mol. The second-order valence-corrected chi connectivity index (χ2v) is 22.8. The molecule has 0 spiro atoms. The Morgan fingerprint density at radius 2 is 1.32 bits per heavy atom. The van der Waals surface area contributed by atoms with Gasteiger partial charge in [-0.3, -0.25) is 0 Å². The van der Waals surface area contributed by atoms with Gasteiger partial charge in [0.1, 0.15) is 85.5 Å². The number of fused-ring (bicyclic) bond motifs is 7. The largest absolute Gasteiger partial charge is 0.394 e. The molecule has 72 heavy (non-hydrogen) atoms. The quantitative estimate of drug-likeness (QED) is 0.0980. The van der Waals surface area contributed by atoms with Gasteiger partial charge in [-0.25, -0.2) is 0 Å². The van der Waals surface area contributed by atoms with E-state index in [0.29, 0.717) is 30.6 Å². The molecule has 0 amide bonds. The number of hydrogen-bond acceptors (Lipinski definition) is 20. The van der Waals surface area contributed by atoms with Gasteiger partial charge in [0.25, 0.3) is 0 Å². The Morgan fingerprint density at radius 3 is 2.06 bits per heavy atom. The summed E-state index contributed by atoms with van der Waals surface area (Å²) < 4.78 is 48.1. The summed E-state index contributed by atoms with van der Waals surface area (Å²) in [5.41, 5.74) is 6.75. The lowest BCUT2D eigenvalue weighted by atomic mass is 9.47. The summed E-state index contributed by atoms with van der Waals surface area (Å²) in [5.74, 6) is 1.45. The van der Waals surface area contributed by atoms with Crippen LogP contribution in [0.4, 0.5) is 0 Å². The molecule has 1 aromatic rings. The van der Waals surface area contributed by atoms with Crippen LogP contribution in [0.2, 0.25) is 0 Å². The zero-order valence-electron chi connectivity index (χ0n) is 41.9. The van der Waals surface area contributed by atoms with E-state index >= 15 is 0 Å². The topological polar surface area (TPSA) is 317 Å². The van der Waals surface area contributed by atoms with Crippen LogP contribution in [-0.2, 0) is 56.2 Å². The Labute approximate surface area is 420 Å². The number of ether oxygens (including phenoxy) is 8. The minimum Gasteiger partial charge on any atom is -0.394 e. The van der Waals surface area contributed by atoms with Crippen LogP contribution >= 0.6 is 0 Å². The molecule has 20 heteroatoms. The number of allylic oxidation sites excluding steroid dienone is 1. The van der Waals surface area contributed by atoms with Gasteiger partial charge >= 0.3 is 0 Å². The van der Waals surface area contributed by atoms with E-state index in [2.05, 4.69) is 45.9 Å². The van der Waals surface area contributed by atoms with Gasteiger partial charge in [0, 0.05) is 0 Å². The fraction of sp³-hybridized carbons (Fsp3) is 0.846. The molecular weight excluding hydrogens is 945 g/mol. The zero-order chi connectivity index (χ0) is 51.7. The molecule has 0 bridgehead atoms. The van der Waals surface area contributed by atoms with E-state index < -0.39 is 143 Å². The van der Waals surface area contributed by atoms with Gasteiger partial charge in [-0.2, -0.15) is 0 Å². The van der Waals surface area contributed by atoms with Crippen molar-refractivity contribution in [3.63, 3.8) is 0 Å². The third-order valence-corrected chi connectivity index (χ3v) is 18.4. The smallest absolute Gasteiger partial charge is 0.187 e. The van der Waals surface area contributed by atoms with Crippen LogP contribution in [0.5, 0.6) is 0 Å². The first-order valence-electron chi connectivity index (χ1n) is 26.2. The van der Waals surface area contributed by atoms with Crippen molar-refractivity contribution in [3.05, 3.63) is 46.0 Å². The SMILES string of the molecule is Cc1c(CCC(C)CO[C@@H]2O[C@H](CO)[C@@H](O)[C@H](O)[C@H]2O)ccc2c1[C@@]1(C)CC[C@H]3[C@@H](CC=C4C[C@@H](O[C@@H]5O[C@H](CO)[C@@H](O)[C@H](O[C@@H]6OC[C@@H](O)[C@H](O)[C@H]6O)[C@H]5O[C@@H]5O[C@@H](C)[C@H](O)[C@@H](O)[C@H]5O)CC[C@@]43C)[C@@H]1C2. The highest BCUT2D eigenvalue weighted by atomic mass is 16.8. The number of aliphatic hydroxyl groups is 12. The molecule has 12 N–H and O–H groups in total. The van der Waals surface area contributed by atoms with Crippen LogP contribution in [0.1, 0.15) is 94.9 Å². The van der Waals surface area contributed by atoms with E-state index in [9.17, 15) is 61.3 Å². The van der Waals surface area contributed by atoms with E-state index in [1.807, 2.05) is 0 Å². The van der Waals surface area contributed by atoms with E-state index in [0.717, 1.165) is 44.9 Å². The number of benzene rings is 1. The predicted molar refractivity (Wildman–Crippen MR) is 250 cm³/mol. The van der Waals surface area contributed by atoms with Gasteiger partial charge in [0.15, 0.2) is 25.2 Å². The van der Waals surface area contributed by atoms with E-state index in [-0.39, 0.29) is 23.4 Å². The maximum absolute atomic E-state index is 11.6. The van der Waals surface area contributed by atoms with Crippen molar-refractivity contribution >= 4 is 0 Å². The summed E-state index contributed by atoms with van der Waals surface area (Å²) in [6.45, 7) is 9.36. The van der Waals surface area contributed by atoms with Crippen molar-refractivity contribution in [3.8, 4) is 0 Å². The van der Waals surface area contributed by atoms with Crippen LogP contribution in [0.3, 0.4) is 0 Å². The van der Waals surface area contributed by atoms with Gasteiger partial charge in [-0.15, -0.1) is 0 Å². The summed E-state index contributed by atoms with van der Waals surface area (Å²) in [5, 5.41) is 126. The van der Waals surface area contributed by atoms with Crippen LogP contribution in [-0.4, -0.2) is 211 Å². The van der Waals surface area contributed by atoms with Crippen molar-refractivity contribution in [1.82, 2.24) is 0 Å². The van der Waals surface area contributed by atoms with Gasteiger partial charge in [0.2, 0.25) is 0 Å². The first-order chi connectivity index (χ1) is 34.2. The molecule has 26 atom stereocenters. The van der Waals surface area contributed by atoms with Gasteiger partial charge in [0.05, 0.1) is 38.6 Å². The number of hydrogen-bond donors (Lipinski definition) is 12. The fourth-order valence-corrected chi connectivity index (χ4v) is 14.0. The number of aliphatic hydroxyl groups excluding tert-OH is 12. The van der Waals surface area contributed by atoms with E-state index in [4.69, 9.17) is 37.9 Å². The molecule has 408 valence electrons. The molecule has 8 aliphatic rings. The standard InChI is InChI=1S/C52H80O20/c1-22(20-65-47-43(63)41(61)38(58)33(18-53)69-47)6-7-25-8-9-26-16-31-29-11-10-27-17-28(12-14-51(27,4)30(29)13-15-52(31,5)35(26)23(25)2)68-50-46(72-49-44(64)40(60)36(56)24(3)67-49)45(39(59)34(19-54)70-50)71-48-42(62)37(57)32(55)21-66-48/h8-10,22,24,28-34,36-50,53-64H,6-7,11-21H2,1-5H3/t22?,24-,28-,29+,30-,31-,32+,33+,34+,36-,37-,38+,39+,40+,41-,42+,43+,44+,45-,46+,47+,48-,49-,50+,51-,52-/m0/s1. The maximum atomic E-state index is 11.6. The van der Waals surface area contributed by atoms with Gasteiger partial charge in [-0.05, 0) is 128 Å². The summed E-state index contributed by atoms with van der Waals surface area (Å²) in [6, 6.07) is 4.59. The Balaban J connectivity index is 0.877. The Morgan fingerprint density at radius 1 is 0.667 bits per heavy atom. The normalized spacial score (nSPS) is 48.7. The monoisotopic (exact) mass is 1020 g/mol. The van der Waals surface area contributed by atoms with Crippen molar-refractivity contribution < 1.29 is 99.2 Å². The molecule has 0 aromatic heterocycles. The second-order valence-electron chi connectivity index (χ2n) is 22.8.